The molecule has 1 aliphatic rings. The lowest BCUT2D eigenvalue weighted by molar-refractivity contribution is 0.469. The van der Waals surface area contributed by atoms with Gasteiger partial charge in [0.15, 0.2) is 11.6 Å². The van der Waals surface area contributed by atoms with Crippen LogP contribution in [0.1, 0.15) is 44.2 Å². The minimum absolute atomic E-state index is 0.149. The van der Waals surface area contributed by atoms with Crippen LogP contribution in [-0.2, 0) is 0 Å². The monoisotopic (exact) mass is 239 g/mol. The largest absolute Gasteiger partial charge is 0.310 e. The van der Waals surface area contributed by atoms with E-state index in [0.717, 1.165) is 24.4 Å². The molecule has 0 aliphatic heterocycles. The van der Waals surface area contributed by atoms with Crippen molar-refractivity contribution in [2.45, 2.75) is 38.6 Å². The Kier molecular flexibility index (Phi) is 4.11. The van der Waals surface area contributed by atoms with E-state index in [2.05, 4.69) is 5.32 Å². The number of benzene rings is 1. The van der Waals surface area contributed by atoms with Crippen molar-refractivity contribution in [2.24, 2.45) is 5.92 Å². The van der Waals surface area contributed by atoms with Crippen LogP contribution in [0.25, 0.3) is 0 Å². The molecule has 1 atom stereocenters. The standard InChI is InChI=1S/C14H19F2N/c1-2-17-14(8-5-10-3-4-10)11-6-7-12(15)13(16)9-11/h6-7,9-10,14,17H,2-5,8H2,1H3. The van der Waals surface area contributed by atoms with E-state index >= 15 is 0 Å². The highest BCUT2D eigenvalue weighted by Crippen LogP contribution is 2.36. The zero-order chi connectivity index (χ0) is 12.3. The normalized spacial score (nSPS) is 17.1. The molecule has 1 nitrogen and oxygen atoms in total. The summed E-state index contributed by atoms with van der Waals surface area (Å²) >= 11 is 0. The van der Waals surface area contributed by atoms with Crippen molar-refractivity contribution in [1.82, 2.24) is 5.32 Å². The molecule has 1 fully saturated rings. The smallest absolute Gasteiger partial charge is 0.159 e. The lowest BCUT2D eigenvalue weighted by atomic mass is 10.00. The average molecular weight is 239 g/mol. The van der Waals surface area contributed by atoms with E-state index in [0.29, 0.717) is 0 Å². The predicted octanol–water partition coefficient (Wildman–Crippen LogP) is 3.81. The molecule has 0 amide bonds. The van der Waals surface area contributed by atoms with E-state index in [1.165, 1.54) is 31.4 Å². The molecule has 0 radical (unpaired) electrons. The van der Waals surface area contributed by atoms with Gasteiger partial charge in [0.05, 0.1) is 0 Å². The minimum Gasteiger partial charge on any atom is -0.310 e. The van der Waals surface area contributed by atoms with Crippen LogP contribution < -0.4 is 5.32 Å². The van der Waals surface area contributed by atoms with Gasteiger partial charge in [0.2, 0.25) is 0 Å². The number of hydrogen-bond acceptors (Lipinski definition) is 1. The zero-order valence-electron chi connectivity index (χ0n) is 10.2. The second-order valence-corrected chi connectivity index (χ2v) is 4.80. The Hall–Kier alpha value is -0.960. The summed E-state index contributed by atoms with van der Waals surface area (Å²) in [4.78, 5) is 0. The van der Waals surface area contributed by atoms with Crippen LogP contribution in [0.4, 0.5) is 8.78 Å². The van der Waals surface area contributed by atoms with Gasteiger partial charge in [-0.25, -0.2) is 8.78 Å². The minimum atomic E-state index is -0.772. The molecule has 0 spiro atoms. The third-order valence-corrected chi connectivity index (χ3v) is 3.36. The fourth-order valence-corrected chi connectivity index (χ4v) is 2.17. The predicted molar refractivity (Wildman–Crippen MR) is 64.7 cm³/mol. The van der Waals surface area contributed by atoms with Crippen LogP contribution in [-0.4, -0.2) is 6.54 Å². The van der Waals surface area contributed by atoms with Crippen molar-refractivity contribution in [3.05, 3.63) is 35.4 Å². The van der Waals surface area contributed by atoms with Crippen molar-refractivity contribution < 1.29 is 8.78 Å². The van der Waals surface area contributed by atoms with Gasteiger partial charge in [-0.1, -0.05) is 25.8 Å². The maximum Gasteiger partial charge on any atom is 0.159 e. The molecule has 3 heteroatoms. The Bertz CT molecular complexity index is 374. The Morgan fingerprint density at radius 2 is 2.06 bits per heavy atom. The van der Waals surface area contributed by atoms with Gasteiger partial charge in [-0.3, -0.25) is 0 Å². The summed E-state index contributed by atoms with van der Waals surface area (Å²) in [7, 11) is 0. The topological polar surface area (TPSA) is 12.0 Å². The maximum absolute atomic E-state index is 13.2. The van der Waals surface area contributed by atoms with Gasteiger partial charge in [0, 0.05) is 6.04 Å². The molecule has 0 aromatic heterocycles. The highest BCUT2D eigenvalue weighted by molar-refractivity contribution is 5.21. The first kappa shape index (κ1) is 12.5. The van der Waals surface area contributed by atoms with E-state index in [9.17, 15) is 8.78 Å². The summed E-state index contributed by atoms with van der Waals surface area (Å²) < 4.78 is 26.1. The van der Waals surface area contributed by atoms with Crippen LogP contribution >= 0.6 is 0 Å². The van der Waals surface area contributed by atoms with Crippen LogP contribution in [0.3, 0.4) is 0 Å². The Morgan fingerprint density at radius 1 is 1.29 bits per heavy atom. The van der Waals surface area contributed by atoms with Gasteiger partial charge in [-0.05, 0) is 43.0 Å². The van der Waals surface area contributed by atoms with Crippen LogP contribution in [0.15, 0.2) is 18.2 Å². The number of rotatable bonds is 6. The molecule has 0 saturated heterocycles. The molecule has 17 heavy (non-hydrogen) atoms. The van der Waals surface area contributed by atoms with E-state index in [1.54, 1.807) is 6.07 Å². The lowest BCUT2D eigenvalue weighted by Gasteiger charge is -2.18. The van der Waals surface area contributed by atoms with E-state index in [1.807, 2.05) is 6.92 Å². The molecule has 1 aliphatic carbocycles. The third-order valence-electron chi connectivity index (χ3n) is 3.36. The molecule has 1 aromatic carbocycles. The second kappa shape index (κ2) is 5.58. The average Bonchev–Trinajstić information content (AvgIpc) is 3.12. The van der Waals surface area contributed by atoms with Gasteiger partial charge in [0.25, 0.3) is 0 Å². The Balaban J connectivity index is 2.03. The fourth-order valence-electron chi connectivity index (χ4n) is 2.17. The van der Waals surface area contributed by atoms with Crippen molar-refractivity contribution in [2.75, 3.05) is 6.54 Å². The molecular weight excluding hydrogens is 220 g/mol. The molecule has 0 heterocycles. The van der Waals surface area contributed by atoms with Crippen molar-refractivity contribution in [3.63, 3.8) is 0 Å². The third kappa shape index (κ3) is 3.50. The Morgan fingerprint density at radius 3 is 2.65 bits per heavy atom. The van der Waals surface area contributed by atoms with E-state index in [-0.39, 0.29) is 6.04 Å². The van der Waals surface area contributed by atoms with Crippen molar-refractivity contribution in [3.8, 4) is 0 Å². The maximum atomic E-state index is 13.2. The van der Waals surface area contributed by atoms with Crippen LogP contribution in [0, 0.1) is 17.6 Å². The van der Waals surface area contributed by atoms with Crippen molar-refractivity contribution >= 4 is 0 Å². The zero-order valence-corrected chi connectivity index (χ0v) is 10.2. The van der Waals surface area contributed by atoms with Gasteiger partial charge >= 0.3 is 0 Å². The van der Waals surface area contributed by atoms with Gasteiger partial charge in [-0.2, -0.15) is 0 Å². The Labute approximate surface area is 101 Å². The van der Waals surface area contributed by atoms with E-state index < -0.39 is 11.6 Å². The molecule has 1 unspecified atom stereocenters. The quantitative estimate of drug-likeness (QED) is 0.796. The molecule has 94 valence electrons. The highest BCUT2D eigenvalue weighted by Gasteiger charge is 2.23. The molecular formula is C14H19F2N. The summed E-state index contributed by atoms with van der Waals surface area (Å²) in [6, 6.07) is 4.36. The molecule has 1 aromatic rings. The molecule has 1 saturated carbocycles. The molecule has 0 bridgehead atoms. The lowest BCUT2D eigenvalue weighted by Crippen LogP contribution is -2.21. The van der Waals surface area contributed by atoms with Gasteiger partial charge in [0.1, 0.15) is 0 Å². The van der Waals surface area contributed by atoms with Crippen LogP contribution in [0.2, 0.25) is 0 Å². The first-order chi connectivity index (χ1) is 8.20. The highest BCUT2D eigenvalue weighted by atomic mass is 19.2. The first-order valence-corrected chi connectivity index (χ1v) is 6.39. The fraction of sp³-hybridized carbons (Fsp3) is 0.571. The van der Waals surface area contributed by atoms with Gasteiger partial charge < -0.3 is 5.32 Å². The second-order valence-electron chi connectivity index (χ2n) is 4.80. The summed E-state index contributed by atoms with van der Waals surface area (Å²) in [5.41, 5.74) is 0.853. The molecule has 1 N–H and O–H groups in total. The van der Waals surface area contributed by atoms with E-state index in [4.69, 9.17) is 0 Å². The van der Waals surface area contributed by atoms with Crippen molar-refractivity contribution in [1.29, 1.82) is 0 Å². The summed E-state index contributed by atoms with van der Waals surface area (Å²) in [5, 5.41) is 3.34. The molecule has 2 rings (SSSR count). The number of nitrogens with one attached hydrogen (secondary N) is 1. The number of halogens is 2. The summed E-state index contributed by atoms with van der Waals surface area (Å²) in [6.45, 7) is 2.87. The first-order valence-electron chi connectivity index (χ1n) is 6.39. The SMILES string of the molecule is CCNC(CCC1CC1)c1ccc(F)c(F)c1. The summed E-state index contributed by atoms with van der Waals surface area (Å²) in [5.74, 6) is -0.663. The summed E-state index contributed by atoms with van der Waals surface area (Å²) in [6.07, 6.45) is 4.84. The van der Waals surface area contributed by atoms with Crippen LogP contribution in [0.5, 0.6) is 0 Å². The van der Waals surface area contributed by atoms with Gasteiger partial charge in [-0.15, -0.1) is 0 Å². The number of hydrogen-bond donors (Lipinski definition) is 1.